The Kier molecular flexibility index (Phi) is 5.88. The Morgan fingerprint density at radius 3 is 2.11 bits per heavy atom. The summed E-state index contributed by atoms with van der Waals surface area (Å²) in [4.78, 5) is 26.2. The fourth-order valence-corrected chi connectivity index (χ4v) is 3.20. The van der Waals surface area contributed by atoms with Gasteiger partial charge in [-0.2, -0.15) is 0 Å². The van der Waals surface area contributed by atoms with E-state index in [1.165, 1.54) is 4.90 Å². The first kappa shape index (κ1) is 21.2. The molecule has 1 heterocycles. The lowest BCUT2D eigenvalue weighted by Gasteiger charge is -2.28. The standard InChI is InChI=1S/C23H33NO3/c1-9-18-10-11-20(25)24(18)21(26)15(2)27-19-13-16(22(3,4)5)12-17(14-19)23(6,7)8/h9,12-15,18H,1,10-11H2,2-8H3/t15-,18+/m0/s1. The number of benzene rings is 1. The highest BCUT2D eigenvalue weighted by atomic mass is 16.5. The number of imide groups is 1. The fourth-order valence-electron chi connectivity index (χ4n) is 3.20. The molecule has 0 N–H and O–H groups in total. The molecule has 0 aliphatic carbocycles. The number of nitrogens with zero attached hydrogens (tertiary/aromatic N) is 1. The minimum absolute atomic E-state index is 0.0362. The summed E-state index contributed by atoms with van der Waals surface area (Å²) in [5, 5.41) is 0. The van der Waals surface area contributed by atoms with Crippen LogP contribution in [-0.4, -0.2) is 28.9 Å². The molecule has 1 saturated heterocycles. The number of hydrogen-bond acceptors (Lipinski definition) is 3. The second-order valence-electron chi connectivity index (χ2n) is 9.45. The highest BCUT2D eigenvalue weighted by Crippen LogP contribution is 2.33. The molecule has 1 aromatic carbocycles. The Labute approximate surface area is 163 Å². The van der Waals surface area contributed by atoms with Gasteiger partial charge in [-0.05, 0) is 47.4 Å². The van der Waals surface area contributed by atoms with Crippen molar-refractivity contribution in [1.82, 2.24) is 4.90 Å². The second kappa shape index (κ2) is 7.49. The maximum atomic E-state index is 12.8. The first-order valence-corrected chi connectivity index (χ1v) is 9.65. The molecular weight excluding hydrogens is 338 g/mol. The molecule has 0 spiro atoms. The van der Waals surface area contributed by atoms with Crippen molar-refractivity contribution >= 4 is 11.8 Å². The minimum atomic E-state index is -0.738. The molecule has 0 saturated carbocycles. The van der Waals surface area contributed by atoms with Crippen LogP contribution in [0.1, 0.15) is 72.4 Å². The van der Waals surface area contributed by atoms with Gasteiger partial charge in [0.1, 0.15) is 5.75 Å². The monoisotopic (exact) mass is 371 g/mol. The molecule has 2 amide bonds. The number of carbonyl (C=O) groups excluding carboxylic acids is 2. The zero-order valence-corrected chi connectivity index (χ0v) is 17.8. The Morgan fingerprint density at radius 2 is 1.67 bits per heavy atom. The van der Waals surface area contributed by atoms with Crippen LogP contribution in [0.2, 0.25) is 0 Å². The van der Waals surface area contributed by atoms with Gasteiger partial charge in [-0.1, -0.05) is 53.7 Å². The second-order valence-corrected chi connectivity index (χ2v) is 9.45. The number of amides is 2. The maximum absolute atomic E-state index is 12.8. The van der Waals surface area contributed by atoms with Crippen LogP contribution in [0.4, 0.5) is 0 Å². The van der Waals surface area contributed by atoms with Crippen LogP contribution in [0.5, 0.6) is 5.75 Å². The van der Waals surface area contributed by atoms with E-state index in [1.54, 1.807) is 13.0 Å². The van der Waals surface area contributed by atoms with Gasteiger partial charge in [-0.15, -0.1) is 6.58 Å². The first-order valence-electron chi connectivity index (χ1n) is 9.65. The summed E-state index contributed by atoms with van der Waals surface area (Å²) in [5.41, 5.74) is 2.24. The summed E-state index contributed by atoms with van der Waals surface area (Å²) in [6.45, 7) is 18.4. The van der Waals surface area contributed by atoms with Crippen LogP contribution < -0.4 is 4.74 Å². The smallest absolute Gasteiger partial charge is 0.270 e. The van der Waals surface area contributed by atoms with Crippen molar-refractivity contribution < 1.29 is 14.3 Å². The molecular formula is C23H33NO3. The van der Waals surface area contributed by atoms with Crippen molar-refractivity contribution in [3.63, 3.8) is 0 Å². The highest BCUT2D eigenvalue weighted by molar-refractivity contribution is 5.99. The van der Waals surface area contributed by atoms with Crippen molar-refractivity contribution in [2.24, 2.45) is 0 Å². The van der Waals surface area contributed by atoms with E-state index < -0.39 is 6.10 Å². The fraction of sp³-hybridized carbons (Fsp3) is 0.565. The number of hydrogen-bond donors (Lipinski definition) is 0. The van der Waals surface area contributed by atoms with Crippen molar-refractivity contribution in [2.75, 3.05) is 0 Å². The van der Waals surface area contributed by atoms with Crippen LogP contribution in [-0.2, 0) is 20.4 Å². The molecule has 0 aromatic heterocycles. The first-order chi connectivity index (χ1) is 12.3. The molecule has 2 atom stereocenters. The van der Waals surface area contributed by atoms with Crippen LogP contribution in [0.3, 0.4) is 0 Å². The zero-order chi connectivity index (χ0) is 20.6. The zero-order valence-electron chi connectivity index (χ0n) is 17.8. The van der Waals surface area contributed by atoms with E-state index in [0.717, 1.165) is 11.1 Å². The van der Waals surface area contributed by atoms with E-state index in [-0.39, 0.29) is 28.7 Å². The SMILES string of the molecule is C=C[C@@H]1CCC(=O)N1C(=O)[C@H](C)Oc1cc(C(C)(C)C)cc(C(C)(C)C)c1. The van der Waals surface area contributed by atoms with E-state index >= 15 is 0 Å². The number of likely N-dealkylation sites (tertiary alicyclic amines) is 1. The predicted molar refractivity (Wildman–Crippen MR) is 109 cm³/mol. The van der Waals surface area contributed by atoms with E-state index in [1.807, 2.05) is 12.1 Å². The molecule has 0 bridgehead atoms. The molecule has 4 nitrogen and oxygen atoms in total. The van der Waals surface area contributed by atoms with Gasteiger partial charge in [0.2, 0.25) is 5.91 Å². The van der Waals surface area contributed by atoms with Gasteiger partial charge in [0.15, 0.2) is 6.10 Å². The molecule has 0 unspecified atom stereocenters. The van der Waals surface area contributed by atoms with Crippen molar-refractivity contribution in [2.45, 2.75) is 84.3 Å². The third kappa shape index (κ3) is 4.79. The minimum Gasteiger partial charge on any atom is -0.481 e. The quantitative estimate of drug-likeness (QED) is 0.717. The average molecular weight is 372 g/mol. The number of ether oxygens (including phenoxy) is 1. The van der Waals surface area contributed by atoms with Crippen molar-refractivity contribution in [3.05, 3.63) is 42.0 Å². The largest absolute Gasteiger partial charge is 0.481 e. The summed E-state index contributed by atoms with van der Waals surface area (Å²) < 4.78 is 6.02. The lowest BCUT2D eigenvalue weighted by atomic mass is 9.80. The summed E-state index contributed by atoms with van der Waals surface area (Å²) in [6.07, 6.45) is 1.93. The van der Waals surface area contributed by atoms with Gasteiger partial charge in [-0.3, -0.25) is 14.5 Å². The summed E-state index contributed by atoms with van der Waals surface area (Å²) in [6, 6.07) is 5.96. The van der Waals surface area contributed by atoms with E-state index in [9.17, 15) is 9.59 Å². The number of carbonyl (C=O) groups is 2. The predicted octanol–water partition coefficient (Wildman–Crippen LogP) is 4.75. The molecule has 1 aliphatic heterocycles. The molecule has 1 aliphatic rings. The van der Waals surface area contributed by atoms with Gasteiger partial charge in [0.05, 0.1) is 6.04 Å². The van der Waals surface area contributed by atoms with Crippen molar-refractivity contribution in [3.8, 4) is 5.75 Å². The third-order valence-electron chi connectivity index (χ3n) is 5.06. The maximum Gasteiger partial charge on any atom is 0.270 e. The van der Waals surface area contributed by atoms with Crippen molar-refractivity contribution in [1.29, 1.82) is 0 Å². The van der Waals surface area contributed by atoms with Crippen LogP contribution >= 0.6 is 0 Å². The molecule has 0 radical (unpaired) electrons. The Bertz CT molecular complexity index is 705. The lowest BCUT2D eigenvalue weighted by molar-refractivity contribution is -0.147. The van der Waals surface area contributed by atoms with E-state index in [2.05, 4.69) is 54.2 Å². The Morgan fingerprint density at radius 1 is 1.15 bits per heavy atom. The summed E-state index contributed by atoms with van der Waals surface area (Å²) in [7, 11) is 0. The molecule has 1 aromatic rings. The topological polar surface area (TPSA) is 46.6 Å². The van der Waals surface area contributed by atoms with Gasteiger partial charge in [0, 0.05) is 6.42 Å². The van der Waals surface area contributed by atoms with Gasteiger partial charge in [0.25, 0.3) is 5.91 Å². The summed E-state index contributed by atoms with van der Waals surface area (Å²) >= 11 is 0. The Hall–Kier alpha value is -2.10. The molecule has 27 heavy (non-hydrogen) atoms. The molecule has 4 heteroatoms. The average Bonchev–Trinajstić information content (AvgIpc) is 2.92. The van der Waals surface area contributed by atoms with Crippen LogP contribution in [0, 0.1) is 0 Å². The normalized spacial score (nSPS) is 19.1. The van der Waals surface area contributed by atoms with E-state index in [0.29, 0.717) is 18.6 Å². The Balaban J connectivity index is 2.31. The molecule has 1 fully saturated rings. The molecule has 148 valence electrons. The van der Waals surface area contributed by atoms with Gasteiger partial charge >= 0.3 is 0 Å². The van der Waals surface area contributed by atoms with Gasteiger partial charge in [-0.25, -0.2) is 0 Å². The highest BCUT2D eigenvalue weighted by Gasteiger charge is 2.37. The lowest BCUT2D eigenvalue weighted by Crippen LogP contribution is -2.44. The van der Waals surface area contributed by atoms with E-state index in [4.69, 9.17) is 4.74 Å². The van der Waals surface area contributed by atoms with Crippen LogP contribution in [0.15, 0.2) is 30.9 Å². The summed E-state index contributed by atoms with van der Waals surface area (Å²) in [5.74, 6) is 0.204. The molecule has 2 rings (SSSR count). The van der Waals surface area contributed by atoms with Gasteiger partial charge < -0.3 is 4.74 Å². The number of rotatable bonds is 4. The van der Waals surface area contributed by atoms with Crippen LogP contribution in [0.25, 0.3) is 0 Å². The third-order valence-corrected chi connectivity index (χ3v) is 5.06.